The van der Waals surface area contributed by atoms with Crippen LogP contribution in [0.3, 0.4) is 0 Å². The van der Waals surface area contributed by atoms with Crippen molar-refractivity contribution in [3.63, 3.8) is 0 Å². The zero-order valence-corrected chi connectivity index (χ0v) is 11.0. The highest BCUT2D eigenvalue weighted by molar-refractivity contribution is 6.34. The van der Waals surface area contributed by atoms with Crippen molar-refractivity contribution < 1.29 is 13.6 Å². The van der Waals surface area contributed by atoms with Gasteiger partial charge in [0.2, 0.25) is 5.91 Å². The lowest BCUT2D eigenvalue weighted by Gasteiger charge is -2.10. The second-order valence-electron chi connectivity index (χ2n) is 4.16. The number of amides is 1. The minimum absolute atomic E-state index is 0.0922. The lowest BCUT2D eigenvalue weighted by molar-refractivity contribution is -0.115. The first-order valence-electron chi connectivity index (χ1n) is 5.75. The van der Waals surface area contributed by atoms with Gasteiger partial charge in [-0.05, 0) is 23.8 Å². The predicted molar refractivity (Wildman–Crippen MR) is 74.6 cm³/mol. The number of hydrogen-bond donors (Lipinski definition) is 2. The number of carbonyl (C=O) groups is 1. The molecule has 0 atom stereocenters. The van der Waals surface area contributed by atoms with Crippen LogP contribution >= 0.6 is 11.6 Å². The third kappa shape index (κ3) is 3.24. The number of hydrogen-bond acceptors (Lipinski definition) is 2. The van der Waals surface area contributed by atoms with E-state index in [1.807, 2.05) is 0 Å². The van der Waals surface area contributed by atoms with Crippen LogP contribution in [0.15, 0.2) is 36.4 Å². The van der Waals surface area contributed by atoms with E-state index in [0.29, 0.717) is 5.69 Å². The molecular formula is C14H11ClF2N2O. The summed E-state index contributed by atoms with van der Waals surface area (Å²) in [6.07, 6.45) is -0.239. The Morgan fingerprint density at radius 2 is 2.00 bits per heavy atom. The number of nitrogen functional groups attached to an aromatic ring is 1. The van der Waals surface area contributed by atoms with Crippen molar-refractivity contribution in [2.75, 3.05) is 11.1 Å². The number of nitrogens with two attached hydrogens (primary N) is 1. The Labute approximate surface area is 119 Å². The van der Waals surface area contributed by atoms with Crippen LogP contribution in [0.4, 0.5) is 20.2 Å². The zero-order chi connectivity index (χ0) is 14.7. The molecular weight excluding hydrogens is 286 g/mol. The minimum atomic E-state index is -0.771. The Hall–Kier alpha value is -2.14. The average molecular weight is 297 g/mol. The van der Waals surface area contributed by atoms with Gasteiger partial charge >= 0.3 is 0 Å². The molecule has 0 saturated heterocycles. The van der Waals surface area contributed by atoms with Crippen molar-refractivity contribution in [1.82, 2.24) is 0 Å². The maximum atomic E-state index is 13.4. The van der Waals surface area contributed by atoms with Crippen LogP contribution in [0.25, 0.3) is 0 Å². The van der Waals surface area contributed by atoms with Gasteiger partial charge in [-0.2, -0.15) is 0 Å². The fourth-order valence-corrected chi connectivity index (χ4v) is 1.92. The molecule has 2 aromatic rings. The second-order valence-corrected chi connectivity index (χ2v) is 4.57. The summed E-state index contributed by atoms with van der Waals surface area (Å²) in [4.78, 5) is 11.8. The molecule has 104 valence electrons. The van der Waals surface area contributed by atoms with E-state index in [1.165, 1.54) is 6.07 Å². The summed E-state index contributed by atoms with van der Waals surface area (Å²) in [6.45, 7) is 0. The van der Waals surface area contributed by atoms with Crippen LogP contribution in [-0.4, -0.2) is 5.91 Å². The molecule has 2 rings (SSSR count). The summed E-state index contributed by atoms with van der Waals surface area (Å²) in [5.41, 5.74) is 6.37. The Morgan fingerprint density at radius 3 is 2.65 bits per heavy atom. The van der Waals surface area contributed by atoms with Gasteiger partial charge in [0.15, 0.2) is 0 Å². The molecule has 0 saturated carbocycles. The van der Waals surface area contributed by atoms with E-state index in [-0.39, 0.29) is 22.7 Å². The first-order valence-corrected chi connectivity index (χ1v) is 6.13. The molecule has 0 spiro atoms. The summed E-state index contributed by atoms with van der Waals surface area (Å²) in [6, 6.07) is 7.85. The zero-order valence-electron chi connectivity index (χ0n) is 10.3. The van der Waals surface area contributed by atoms with E-state index < -0.39 is 17.5 Å². The van der Waals surface area contributed by atoms with E-state index >= 15 is 0 Å². The van der Waals surface area contributed by atoms with E-state index in [0.717, 1.165) is 12.1 Å². The standard InChI is InChI=1S/C14H11ClF2N2O/c15-10-2-1-3-12(18)14(10)19-13(20)6-8-4-5-9(16)7-11(8)17/h1-5,7H,6,18H2,(H,19,20). The quantitative estimate of drug-likeness (QED) is 0.853. The second kappa shape index (κ2) is 5.88. The largest absolute Gasteiger partial charge is 0.397 e. The first kappa shape index (κ1) is 14.3. The minimum Gasteiger partial charge on any atom is -0.397 e. The number of carbonyl (C=O) groups excluding carboxylic acids is 1. The van der Waals surface area contributed by atoms with Gasteiger partial charge in [-0.3, -0.25) is 4.79 Å². The number of halogens is 3. The van der Waals surface area contributed by atoms with Crippen LogP contribution in [0.2, 0.25) is 5.02 Å². The molecule has 2 aromatic carbocycles. The number of nitrogens with one attached hydrogen (secondary N) is 1. The highest BCUT2D eigenvalue weighted by Gasteiger charge is 2.12. The molecule has 0 aliphatic carbocycles. The Morgan fingerprint density at radius 1 is 1.25 bits per heavy atom. The van der Waals surface area contributed by atoms with E-state index in [9.17, 15) is 13.6 Å². The smallest absolute Gasteiger partial charge is 0.229 e. The molecule has 3 nitrogen and oxygen atoms in total. The van der Waals surface area contributed by atoms with E-state index in [1.54, 1.807) is 18.2 Å². The normalized spacial score (nSPS) is 10.3. The van der Waals surface area contributed by atoms with E-state index in [2.05, 4.69) is 5.32 Å². The predicted octanol–water partition coefficient (Wildman–Crippen LogP) is 3.38. The molecule has 0 bridgehead atoms. The fraction of sp³-hybridized carbons (Fsp3) is 0.0714. The third-order valence-electron chi connectivity index (χ3n) is 2.68. The summed E-state index contributed by atoms with van der Waals surface area (Å²) in [5, 5.41) is 2.80. The summed E-state index contributed by atoms with van der Waals surface area (Å²) < 4.78 is 26.2. The van der Waals surface area contributed by atoms with E-state index in [4.69, 9.17) is 17.3 Å². The van der Waals surface area contributed by atoms with Crippen LogP contribution in [0.1, 0.15) is 5.56 Å². The van der Waals surface area contributed by atoms with Crippen molar-refractivity contribution in [3.05, 3.63) is 58.6 Å². The number of rotatable bonds is 3. The molecule has 20 heavy (non-hydrogen) atoms. The topological polar surface area (TPSA) is 55.1 Å². The van der Waals surface area contributed by atoms with Crippen molar-refractivity contribution in [2.24, 2.45) is 0 Å². The van der Waals surface area contributed by atoms with Gasteiger partial charge < -0.3 is 11.1 Å². The molecule has 1 amide bonds. The monoisotopic (exact) mass is 296 g/mol. The molecule has 0 heterocycles. The van der Waals surface area contributed by atoms with Gasteiger partial charge in [0.1, 0.15) is 11.6 Å². The van der Waals surface area contributed by atoms with Crippen LogP contribution < -0.4 is 11.1 Å². The van der Waals surface area contributed by atoms with Crippen LogP contribution in [0, 0.1) is 11.6 Å². The number of anilines is 2. The summed E-state index contributed by atoms with van der Waals surface area (Å²) in [5.74, 6) is -1.95. The van der Waals surface area contributed by atoms with Crippen LogP contribution in [-0.2, 0) is 11.2 Å². The average Bonchev–Trinajstić information content (AvgIpc) is 2.37. The Kier molecular flexibility index (Phi) is 4.20. The summed E-state index contributed by atoms with van der Waals surface area (Å²) in [7, 11) is 0. The van der Waals surface area contributed by atoms with Gasteiger partial charge in [0, 0.05) is 6.07 Å². The molecule has 3 N–H and O–H groups in total. The van der Waals surface area contributed by atoms with Gasteiger partial charge in [-0.1, -0.05) is 23.7 Å². The molecule has 6 heteroatoms. The molecule has 0 aromatic heterocycles. The fourth-order valence-electron chi connectivity index (χ4n) is 1.69. The number of benzene rings is 2. The Bertz CT molecular complexity index is 641. The summed E-state index contributed by atoms with van der Waals surface area (Å²) >= 11 is 5.91. The number of para-hydroxylation sites is 1. The Balaban J connectivity index is 2.13. The highest BCUT2D eigenvalue weighted by Crippen LogP contribution is 2.27. The van der Waals surface area contributed by atoms with Gasteiger partial charge in [-0.25, -0.2) is 8.78 Å². The van der Waals surface area contributed by atoms with Gasteiger partial charge in [0.25, 0.3) is 0 Å². The SMILES string of the molecule is Nc1cccc(Cl)c1NC(=O)Cc1ccc(F)cc1F. The molecule has 0 radical (unpaired) electrons. The third-order valence-corrected chi connectivity index (χ3v) is 2.99. The molecule has 0 unspecified atom stereocenters. The maximum absolute atomic E-state index is 13.4. The highest BCUT2D eigenvalue weighted by atomic mass is 35.5. The molecule has 0 fully saturated rings. The van der Waals surface area contributed by atoms with Crippen molar-refractivity contribution in [3.8, 4) is 0 Å². The van der Waals surface area contributed by atoms with Gasteiger partial charge in [-0.15, -0.1) is 0 Å². The van der Waals surface area contributed by atoms with Crippen LogP contribution in [0.5, 0.6) is 0 Å². The van der Waals surface area contributed by atoms with Crippen molar-refractivity contribution >= 4 is 28.9 Å². The lowest BCUT2D eigenvalue weighted by Crippen LogP contribution is -2.16. The molecule has 0 aliphatic heterocycles. The van der Waals surface area contributed by atoms with Crippen molar-refractivity contribution in [2.45, 2.75) is 6.42 Å². The maximum Gasteiger partial charge on any atom is 0.229 e. The van der Waals surface area contributed by atoms with Crippen molar-refractivity contribution in [1.29, 1.82) is 0 Å². The lowest BCUT2D eigenvalue weighted by atomic mass is 10.1. The molecule has 0 aliphatic rings. The first-order chi connectivity index (χ1) is 9.47. The van der Waals surface area contributed by atoms with Gasteiger partial charge in [0.05, 0.1) is 22.8 Å².